The van der Waals surface area contributed by atoms with Crippen LogP contribution in [-0.4, -0.2) is 13.0 Å². The lowest BCUT2D eigenvalue weighted by molar-refractivity contribution is -0.115. The van der Waals surface area contributed by atoms with Gasteiger partial charge in [0.2, 0.25) is 0 Å². The van der Waals surface area contributed by atoms with Gasteiger partial charge in [0.15, 0.2) is 0 Å². The van der Waals surface area contributed by atoms with E-state index in [0.717, 1.165) is 36.8 Å². The lowest BCUT2D eigenvalue weighted by Crippen LogP contribution is -2.47. The smallest absolute Gasteiger partial charge is 0.251 e. The zero-order chi connectivity index (χ0) is 19.9. The SMILES string of the molecule is COc1ccc2c(c1)-c1c(ssc1=S)C(C)(C)N2C(=O)/C=C/c1ccccc1. The molecule has 0 N–H and O–H groups in total. The highest BCUT2D eigenvalue weighted by molar-refractivity contribution is 7.80. The molecule has 0 radical (unpaired) electrons. The zero-order valence-corrected chi connectivity index (χ0v) is 18.2. The summed E-state index contributed by atoms with van der Waals surface area (Å²) in [5, 5.41) is 0. The van der Waals surface area contributed by atoms with Crippen LogP contribution in [0.4, 0.5) is 5.69 Å². The van der Waals surface area contributed by atoms with Crippen LogP contribution in [-0.2, 0) is 10.3 Å². The standard InChI is InChI=1S/C22H19NO2S3/c1-22(2)20-19(21(26)28-27-20)16-13-15(25-3)10-11-17(16)23(22)18(24)12-9-14-7-5-4-6-8-14/h4-13H,1-3H3/b12-9+. The molecular formula is C22H19NO2S3. The summed E-state index contributed by atoms with van der Waals surface area (Å²) in [7, 11) is 4.88. The normalized spacial score (nSPS) is 14.6. The highest BCUT2D eigenvalue weighted by Crippen LogP contribution is 2.52. The minimum atomic E-state index is -0.493. The van der Waals surface area contributed by atoms with E-state index in [1.807, 2.05) is 59.5 Å². The number of carbonyl (C=O) groups excluding carboxylic acids is 1. The van der Waals surface area contributed by atoms with Gasteiger partial charge in [0.1, 0.15) is 9.57 Å². The lowest BCUT2D eigenvalue weighted by atomic mass is 9.87. The van der Waals surface area contributed by atoms with Crippen molar-refractivity contribution in [2.24, 2.45) is 0 Å². The maximum atomic E-state index is 13.3. The predicted molar refractivity (Wildman–Crippen MR) is 121 cm³/mol. The van der Waals surface area contributed by atoms with Crippen molar-refractivity contribution >= 4 is 50.6 Å². The van der Waals surface area contributed by atoms with Crippen LogP contribution >= 0.6 is 32.9 Å². The van der Waals surface area contributed by atoms with Crippen molar-refractivity contribution in [1.29, 1.82) is 0 Å². The Morgan fingerprint density at radius 2 is 1.89 bits per heavy atom. The molecule has 1 aromatic heterocycles. The van der Waals surface area contributed by atoms with Gasteiger partial charge in [-0.3, -0.25) is 9.69 Å². The van der Waals surface area contributed by atoms with E-state index in [9.17, 15) is 4.79 Å². The van der Waals surface area contributed by atoms with Gasteiger partial charge in [-0.25, -0.2) is 0 Å². The average Bonchev–Trinajstić information content (AvgIpc) is 3.10. The molecule has 0 aliphatic carbocycles. The maximum absolute atomic E-state index is 13.3. The Balaban J connectivity index is 1.85. The van der Waals surface area contributed by atoms with Gasteiger partial charge in [0, 0.05) is 17.2 Å². The van der Waals surface area contributed by atoms with Gasteiger partial charge in [-0.05, 0) is 43.7 Å². The number of ether oxygens (including phenoxy) is 1. The van der Waals surface area contributed by atoms with Gasteiger partial charge in [0.05, 0.1) is 23.2 Å². The molecule has 0 bridgehead atoms. The van der Waals surface area contributed by atoms with E-state index in [1.54, 1.807) is 33.9 Å². The first-order valence-electron chi connectivity index (χ1n) is 8.83. The molecule has 0 atom stereocenters. The molecule has 0 saturated heterocycles. The summed E-state index contributed by atoms with van der Waals surface area (Å²) in [6.07, 6.45) is 3.49. The Kier molecular flexibility index (Phi) is 4.95. The molecule has 4 rings (SSSR count). The van der Waals surface area contributed by atoms with Crippen molar-refractivity contribution in [2.45, 2.75) is 19.4 Å². The summed E-state index contributed by atoms with van der Waals surface area (Å²) >= 11 is 5.62. The summed E-state index contributed by atoms with van der Waals surface area (Å²) < 4.78 is 6.28. The van der Waals surface area contributed by atoms with Gasteiger partial charge in [-0.1, -0.05) is 63.2 Å². The third-order valence-corrected chi connectivity index (χ3v) is 8.23. The van der Waals surface area contributed by atoms with Crippen molar-refractivity contribution in [3.63, 3.8) is 0 Å². The van der Waals surface area contributed by atoms with Crippen LogP contribution in [0.2, 0.25) is 0 Å². The van der Waals surface area contributed by atoms with Crippen LogP contribution in [0.3, 0.4) is 0 Å². The van der Waals surface area contributed by atoms with Crippen molar-refractivity contribution in [1.82, 2.24) is 0 Å². The molecule has 0 fully saturated rings. The van der Waals surface area contributed by atoms with Crippen molar-refractivity contribution < 1.29 is 9.53 Å². The molecule has 0 spiro atoms. The molecule has 2 heterocycles. The number of hydrogen-bond donors (Lipinski definition) is 0. The number of hydrogen-bond acceptors (Lipinski definition) is 5. The minimum absolute atomic E-state index is 0.0600. The molecule has 3 nitrogen and oxygen atoms in total. The Hall–Kier alpha value is -2.28. The highest BCUT2D eigenvalue weighted by Gasteiger charge is 2.42. The van der Waals surface area contributed by atoms with Gasteiger partial charge < -0.3 is 4.74 Å². The van der Waals surface area contributed by atoms with E-state index in [0.29, 0.717) is 0 Å². The van der Waals surface area contributed by atoms with E-state index in [4.69, 9.17) is 17.0 Å². The first-order valence-corrected chi connectivity index (χ1v) is 11.4. The Labute approximate surface area is 176 Å². The first-order chi connectivity index (χ1) is 13.4. The number of nitrogens with zero attached hydrogens (tertiary/aromatic N) is 1. The summed E-state index contributed by atoms with van der Waals surface area (Å²) in [6, 6.07) is 15.6. The number of carbonyl (C=O) groups is 1. The molecule has 6 heteroatoms. The maximum Gasteiger partial charge on any atom is 0.251 e. The third kappa shape index (κ3) is 3.11. The number of rotatable bonds is 3. The highest BCUT2D eigenvalue weighted by atomic mass is 32.9. The van der Waals surface area contributed by atoms with E-state index in [1.165, 1.54) is 0 Å². The molecular weight excluding hydrogens is 406 g/mol. The second-order valence-corrected chi connectivity index (χ2v) is 9.83. The fourth-order valence-electron chi connectivity index (χ4n) is 3.54. The van der Waals surface area contributed by atoms with Crippen LogP contribution in [0.25, 0.3) is 17.2 Å². The molecule has 0 saturated carbocycles. The molecule has 142 valence electrons. The Morgan fingerprint density at radius 1 is 1.14 bits per heavy atom. The van der Waals surface area contributed by atoms with E-state index in [2.05, 4.69) is 13.8 Å². The summed E-state index contributed by atoms with van der Waals surface area (Å²) in [5.74, 6) is 0.692. The molecule has 1 aliphatic rings. The van der Waals surface area contributed by atoms with Crippen molar-refractivity contribution in [2.75, 3.05) is 12.0 Å². The molecule has 3 aromatic rings. The van der Waals surface area contributed by atoms with E-state index >= 15 is 0 Å². The number of benzene rings is 2. The summed E-state index contributed by atoms with van der Waals surface area (Å²) in [6.45, 7) is 4.15. The van der Waals surface area contributed by atoms with Crippen LogP contribution in [0.1, 0.15) is 24.3 Å². The van der Waals surface area contributed by atoms with Crippen LogP contribution in [0, 0.1) is 3.82 Å². The van der Waals surface area contributed by atoms with Crippen molar-refractivity contribution in [3.05, 3.63) is 68.9 Å². The van der Waals surface area contributed by atoms with Crippen LogP contribution in [0.5, 0.6) is 5.75 Å². The number of methoxy groups -OCH3 is 1. The van der Waals surface area contributed by atoms with Crippen molar-refractivity contribution in [3.8, 4) is 16.9 Å². The van der Waals surface area contributed by atoms with E-state index < -0.39 is 5.54 Å². The van der Waals surface area contributed by atoms with Crippen LogP contribution < -0.4 is 9.64 Å². The molecule has 1 amide bonds. The first kappa shape index (κ1) is 19.1. The second-order valence-electron chi connectivity index (χ2n) is 7.02. The van der Waals surface area contributed by atoms with Gasteiger partial charge in [-0.2, -0.15) is 0 Å². The fourth-order valence-corrected chi connectivity index (χ4v) is 6.82. The number of amides is 1. The quantitative estimate of drug-likeness (QED) is 0.272. The Morgan fingerprint density at radius 3 is 2.61 bits per heavy atom. The topological polar surface area (TPSA) is 29.5 Å². The van der Waals surface area contributed by atoms with Gasteiger partial charge in [0.25, 0.3) is 5.91 Å². The fraction of sp³-hybridized carbons (Fsp3) is 0.182. The zero-order valence-electron chi connectivity index (χ0n) is 15.8. The predicted octanol–water partition coefficient (Wildman–Crippen LogP) is 6.51. The van der Waals surface area contributed by atoms with E-state index in [-0.39, 0.29) is 5.91 Å². The van der Waals surface area contributed by atoms with Gasteiger partial charge >= 0.3 is 0 Å². The molecule has 1 aliphatic heterocycles. The minimum Gasteiger partial charge on any atom is -0.497 e. The number of anilines is 1. The van der Waals surface area contributed by atoms with Crippen LogP contribution in [0.15, 0.2) is 54.6 Å². The molecule has 28 heavy (non-hydrogen) atoms. The Bertz CT molecular complexity index is 1130. The molecule has 2 aromatic carbocycles. The molecule has 0 unspecified atom stereocenters. The second kappa shape index (κ2) is 7.28. The third-order valence-electron chi connectivity index (χ3n) is 4.90. The largest absolute Gasteiger partial charge is 0.497 e. The number of fused-ring (bicyclic) bond motifs is 3. The van der Waals surface area contributed by atoms with Gasteiger partial charge in [-0.15, -0.1) is 0 Å². The summed E-state index contributed by atoms with van der Waals surface area (Å²) in [5.41, 5.74) is 3.37. The monoisotopic (exact) mass is 425 g/mol. The lowest BCUT2D eigenvalue weighted by Gasteiger charge is -2.42. The average molecular weight is 426 g/mol. The summed E-state index contributed by atoms with van der Waals surface area (Å²) in [4.78, 5) is 16.3.